The van der Waals surface area contributed by atoms with Crippen LogP contribution in [0.5, 0.6) is 0 Å². The highest BCUT2D eigenvalue weighted by Gasteiger charge is 2.60. The first-order valence-corrected chi connectivity index (χ1v) is 13.1. The van der Waals surface area contributed by atoms with Crippen molar-refractivity contribution in [3.8, 4) is 0 Å². The lowest BCUT2D eigenvalue weighted by Gasteiger charge is -2.60. The number of alkyl halides is 3. The minimum atomic E-state index is -4.60. The Bertz CT molecular complexity index is 1110. The third kappa shape index (κ3) is 4.00. The van der Waals surface area contributed by atoms with Gasteiger partial charge in [0.1, 0.15) is 0 Å². The fourth-order valence-corrected chi connectivity index (χ4v) is 8.33. The molecule has 3 fully saturated rings. The standard InChI is InChI=1S/C27H33ClF3N3O2/c1-25-12-10-18-16(5-9-22-26(18,2)13-11-23(35)34(22)3)17(25)7-8-21(25)33-24(36)32-20-14-15(28)4-6-19(20)27(29,30)31/h4,6,11,13-14,16-18,21-22H,5,7-10,12H2,1-3H3,(H2,32,33,36)/t16-,17-,18-,21-,22+,25-,26+/m0/s1. The van der Waals surface area contributed by atoms with Gasteiger partial charge in [-0.25, -0.2) is 4.79 Å². The summed E-state index contributed by atoms with van der Waals surface area (Å²) in [4.78, 5) is 27.1. The number of hydrogen-bond acceptors (Lipinski definition) is 2. The number of anilines is 1. The zero-order valence-electron chi connectivity index (χ0n) is 20.8. The number of benzene rings is 1. The van der Waals surface area contributed by atoms with Gasteiger partial charge in [-0.1, -0.05) is 31.5 Å². The van der Waals surface area contributed by atoms with Crippen LogP contribution in [-0.4, -0.2) is 36.0 Å². The van der Waals surface area contributed by atoms with Gasteiger partial charge in [0.25, 0.3) is 0 Å². The molecule has 0 spiro atoms. The van der Waals surface area contributed by atoms with Crippen molar-refractivity contribution in [1.82, 2.24) is 10.2 Å². The summed E-state index contributed by atoms with van der Waals surface area (Å²) >= 11 is 5.91. The van der Waals surface area contributed by atoms with Crippen molar-refractivity contribution in [3.05, 3.63) is 40.9 Å². The van der Waals surface area contributed by atoms with Gasteiger partial charge in [0.05, 0.1) is 11.3 Å². The van der Waals surface area contributed by atoms with E-state index in [4.69, 9.17) is 11.6 Å². The largest absolute Gasteiger partial charge is 0.418 e. The molecule has 3 aliphatic carbocycles. The normalized spacial score (nSPS) is 37.7. The molecular formula is C27H33ClF3N3O2. The topological polar surface area (TPSA) is 61.4 Å². The van der Waals surface area contributed by atoms with Gasteiger partial charge in [0, 0.05) is 29.6 Å². The molecule has 0 unspecified atom stereocenters. The highest BCUT2D eigenvalue weighted by molar-refractivity contribution is 6.31. The molecule has 0 aromatic heterocycles. The lowest BCUT2D eigenvalue weighted by Crippen LogP contribution is -2.60. The number of fused-ring (bicyclic) bond motifs is 5. The van der Waals surface area contributed by atoms with Crippen LogP contribution in [0.3, 0.4) is 0 Å². The van der Waals surface area contributed by atoms with Crippen LogP contribution >= 0.6 is 11.6 Å². The van der Waals surface area contributed by atoms with E-state index in [1.165, 1.54) is 6.07 Å². The van der Waals surface area contributed by atoms with Gasteiger partial charge in [-0.2, -0.15) is 13.2 Å². The van der Waals surface area contributed by atoms with Gasteiger partial charge in [0.2, 0.25) is 5.91 Å². The maximum Gasteiger partial charge on any atom is 0.418 e. The fourth-order valence-electron chi connectivity index (χ4n) is 8.16. The molecule has 2 N–H and O–H groups in total. The molecule has 7 atom stereocenters. The molecule has 196 valence electrons. The molecule has 3 saturated carbocycles. The molecule has 0 radical (unpaired) electrons. The second-order valence-electron chi connectivity index (χ2n) is 11.6. The van der Waals surface area contributed by atoms with Crippen molar-refractivity contribution in [1.29, 1.82) is 0 Å². The summed E-state index contributed by atoms with van der Waals surface area (Å²) in [6.07, 6.45) is 4.99. The number of carbonyl (C=O) groups excluding carboxylic acids is 2. The van der Waals surface area contributed by atoms with Gasteiger partial charge >= 0.3 is 12.2 Å². The third-order valence-electron chi connectivity index (χ3n) is 9.97. The Hall–Kier alpha value is -2.22. The average Bonchev–Trinajstić information content (AvgIpc) is 3.12. The highest BCUT2D eigenvalue weighted by Crippen LogP contribution is 2.63. The number of amides is 3. The third-order valence-corrected chi connectivity index (χ3v) is 10.2. The monoisotopic (exact) mass is 523 g/mol. The second kappa shape index (κ2) is 8.67. The van der Waals surface area contributed by atoms with E-state index < -0.39 is 17.8 Å². The number of halogens is 4. The highest BCUT2D eigenvalue weighted by atomic mass is 35.5. The molecule has 9 heteroatoms. The van der Waals surface area contributed by atoms with Crippen LogP contribution < -0.4 is 10.6 Å². The minimum absolute atomic E-state index is 0.0592. The summed E-state index contributed by atoms with van der Waals surface area (Å²) in [5.74, 6) is 1.46. The molecule has 3 amide bonds. The van der Waals surface area contributed by atoms with Crippen LogP contribution in [0.4, 0.5) is 23.7 Å². The zero-order valence-corrected chi connectivity index (χ0v) is 21.5. The van der Waals surface area contributed by atoms with E-state index in [0.717, 1.165) is 50.7 Å². The Morgan fingerprint density at radius 3 is 2.58 bits per heavy atom. The summed E-state index contributed by atoms with van der Waals surface area (Å²) in [6, 6.07) is 2.64. The molecule has 0 bridgehead atoms. The molecule has 36 heavy (non-hydrogen) atoms. The van der Waals surface area contributed by atoms with Crippen LogP contribution in [0.2, 0.25) is 5.02 Å². The van der Waals surface area contributed by atoms with E-state index in [2.05, 4.69) is 30.6 Å². The van der Waals surface area contributed by atoms with Crippen molar-refractivity contribution in [3.63, 3.8) is 0 Å². The molecule has 1 aliphatic heterocycles. The number of hydrogen-bond donors (Lipinski definition) is 2. The summed E-state index contributed by atoms with van der Waals surface area (Å²) in [7, 11) is 1.90. The van der Waals surface area contributed by atoms with Gasteiger partial charge < -0.3 is 15.5 Å². The maximum atomic E-state index is 13.4. The van der Waals surface area contributed by atoms with Gasteiger partial charge in [-0.05, 0) is 86.0 Å². The van der Waals surface area contributed by atoms with Crippen LogP contribution in [-0.2, 0) is 11.0 Å². The average molecular weight is 524 g/mol. The van der Waals surface area contributed by atoms with Gasteiger partial charge in [-0.3, -0.25) is 4.79 Å². The number of nitrogens with zero attached hydrogens (tertiary/aromatic N) is 1. The molecular weight excluding hydrogens is 491 g/mol. The molecule has 1 heterocycles. The number of carbonyl (C=O) groups is 2. The predicted octanol–water partition coefficient (Wildman–Crippen LogP) is 6.49. The lowest BCUT2D eigenvalue weighted by atomic mass is 9.48. The molecule has 1 aromatic carbocycles. The summed E-state index contributed by atoms with van der Waals surface area (Å²) in [5, 5.41) is 5.54. The van der Waals surface area contributed by atoms with E-state index in [1.54, 1.807) is 6.08 Å². The van der Waals surface area contributed by atoms with E-state index in [1.807, 2.05) is 11.9 Å². The Morgan fingerprint density at radius 2 is 1.86 bits per heavy atom. The first-order chi connectivity index (χ1) is 16.8. The second-order valence-corrected chi connectivity index (χ2v) is 12.0. The quantitative estimate of drug-likeness (QED) is 0.465. The van der Waals surface area contributed by atoms with Crippen LogP contribution in [0.15, 0.2) is 30.4 Å². The van der Waals surface area contributed by atoms with Crippen LogP contribution in [0.1, 0.15) is 57.9 Å². The van der Waals surface area contributed by atoms with Crippen molar-refractivity contribution >= 4 is 29.2 Å². The molecule has 0 saturated heterocycles. The van der Waals surface area contributed by atoms with E-state index >= 15 is 0 Å². The Kier molecular flexibility index (Phi) is 6.13. The Morgan fingerprint density at radius 1 is 1.11 bits per heavy atom. The first kappa shape index (κ1) is 25.4. The number of nitrogens with one attached hydrogen (secondary N) is 2. The zero-order chi connectivity index (χ0) is 26.0. The number of urea groups is 1. The van der Waals surface area contributed by atoms with Gasteiger partial charge in [0.15, 0.2) is 0 Å². The van der Waals surface area contributed by atoms with Crippen molar-refractivity contribution in [2.45, 2.75) is 70.6 Å². The maximum absolute atomic E-state index is 13.4. The summed E-state index contributed by atoms with van der Waals surface area (Å²) in [5.41, 5.74) is -1.45. The Labute approximate surface area is 214 Å². The van der Waals surface area contributed by atoms with E-state index in [-0.39, 0.29) is 39.5 Å². The SMILES string of the molecule is CN1C(=O)C=C[C@]2(C)[C@H]3CC[C@]4(C)[C@@H](NC(=O)Nc5cc(Cl)ccc5C(F)(F)F)CC[C@H]4[C@@H]3CC[C@@H]12. The lowest BCUT2D eigenvalue weighted by molar-refractivity contribution is -0.138. The first-order valence-electron chi connectivity index (χ1n) is 12.7. The molecule has 1 aromatic rings. The fraction of sp³-hybridized carbons (Fsp3) is 0.630. The molecule has 5 nitrogen and oxygen atoms in total. The predicted molar refractivity (Wildman–Crippen MR) is 132 cm³/mol. The molecule has 4 aliphatic rings. The number of likely N-dealkylation sites (N-methyl/N-ethyl adjacent to an activating group) is 1. The van der Waals surface area contributed by atoms with E-state index in [9.17, 15) is 22.8 Å². The number of rotatable bonds is 2. The molecule has 5 rings (SSSR count). The smallest absolute Gasteiger partial charge is 0.338 e. The van der Waals surface area contributed by atoms with E-state index in [0.29, 0.717) is 17.8 Å². The minimum Gasteiger partial charge on any atom is -0.338 e. The van der Waals surface area contributed by atoms with Crippen molar-refractivity contribution in [2.24, 2.45) is 28.6 Å². The summed E-state index contributed by atoms with van der Waals surface area (Å²) < 4.78 is 40.3. The van der Waals surface area contributed by atoms with Crippen LogP contribution in [0.25, 0.3) is 0 Å². The van der Waals surface area contributed by atoms with Crippen molar-refractivity contribution < 1.29 is 22.8 Å². The van der Waals surface area contributed by atoms with Crippen LogP contribution in [0, 0.1) is 28.6 Å². The Balaban J connectivity index is 1.32. The van der Waals surface area contributed by atoms with Gasteiger partial charge in [-0.15, -0.1) is 0 Å². The van der Waals surface area contributed by atoms with Crippen molar-refractivity contribution in [2.75, 3.05) is 12.4 Å². The summed E-state index contributed by atoms with van der Waals surface area (Å²) in [6.45, 7) is 4.52.